The molecule has 0 bridgehead atoms. The van der Waals surface area contributed by atoms with Crippen molar-refractivity contribution < 1.29 is 0 Å². The van der Waals surface area contributed by atoms with Gasteiger partial charge in [0.2, 0.25) is 0 Å². The lowest BCUT2D eigenvalue weighted by atomic mass is 9.77. The van der Waals surface area contributed by atoms with Crippen molar-refractivity contribution in [1.82, 2.24) is 5.32 Å². The van der Waals surface area contributed by atoms with Crippen molar-refractivity contribution in [1.29, 1.82) is 0 Å². The molecule has 1 atom stereocenters. The lowest BCUT2D eigenvalue weighted by Crippen LogP contribution is -2.30. The van der Waals surface area contributed by atoms with Gasteiger partial charge in [-0.1, -0.05) is 64.8 Å². The molecular weight excluding hydrogens is 254 g/mol. The Morgan fingerprint density at radius 1 is 1.14 bits per heavy atom. The van der Waals surface area contributed by atoms with Gasteiger partial charge in [0.25, 0.3) is 0 Å². The summed E-state index contributed by atoms with van der Waals surface area (Å²) < 4.78 is 0. The first-order chi connectivity index (χ1) is 10.1. The third kappa shape index (κ3) is 4.85. The summed E-state index contributed by atoms with van der Waals surface area (Å²) in [5.74, 6) is 2.47. The van der Waals surface area contributed by atoms with E-state index in [1.165, 1.54) is 43.2 Å². The molecule has 0 radical (unpaired) electrons. The van der Waals surface area contributed by atoms with Crippen LogP contribution in [0.2, 0.25) is 0 Å². The number of nitrogens with one attached hydrogen (secondary N) is 1. The van der Waals surface area contributed by atoms with E-state index in [4.69, 9.17) is 0 Å². The van der Waals surface area contributed by atoms with Gasteiger partial charge in [-0.3, -0.25) is 0 Å². The molecule has 1 heteroatoms. The zero-order valence-electron chi connectivity index (χ0n) is 14.4. The fraction of sp³-hybridized carbons (Fsp3) is 0.700. The Kier molecular flexibility index (Phi) is 6.29. The maximum absolute atomic E-state index is 3.76. The minimum absolute atomic E-state index is 0.551. The molecule has 1 aromatic carbocycles. The van der Waals surface area contributed by atoms with Crippen LogP contribution in [-0.4, -0.2) is 6.54 Å². The van der Waals surface area contributed by atoms with E-state index >= 15 is 0 Å². The molecule has 21 heavy (non-hydrogen) atoms. The van der Waals surface area contributed by atoms with E-state index in [1.807, 2.05) is 0 Å². The van der Waals surface area contributed by atoms with Gasteiger partial charge in [-0.15, -0.1) is 0 Å². The lowest BCUT2D eigenvalue weighted by molar-refractivity contribution is 0.233. The minimum atomic E-state index is 0.551. The molecule has 0 spiro atoms. The van der Waals surface area contributed by atoms with Crippen molar-refractivity contribution in [2.45, 2.75) is 65.8 Å². The monoisotopic (exact) mass is 287 g/mol. The summed E-state index contributed by atoms with van der Waals surface area (Å²) in [5.41, 5.74) is 3.00. The first-order valence-electron chi connectivity index (χ1n) is 8.92. The second-order valence-electron chi connectivity index (χ2n) is 7.40. The normalized spacial score (nSPS) is 24.2. The minimum Gasteiger partial charge on any atom is -0.310 e. The van der Waals surface area contributed by atoms with E-state index in [2.05, 4.69) is 57.3 Å². The molecule has 118 valence electrons. The molecule has 1 aliphatic rings. The van der Waals surface area contributed by atoms with Crippen LogP contribution in [0.3, 0.4) is 0 Å². The first kappa shape index (κ1) is 16.5. The summed E-state index contributed by atoms with van der Waals surface area (Å²) in [7, 11) is 0. The van der Waals surface area contributed by atoms with Crippen molar-refractivity contribution in [3.63, 3.8) is 0 Å². The Labute approximate surface area is 131 Å². The summed E-state index contributed by atoms with van der Waals surface area (Å²) >= 11 is 0. The Morgan fingerprint density at radius 2 is 1.86 bits per heavy atom. The van der Waals surface area contributed by atoms with Gasteiger partial charge < -0.3 is 5.32 Å². The summed E-state index contributed by atoms with van der Waals surface area (Å²) in [6, 6.07) is 9.87. The molecule has 1 nitrogen and oxygen atoms in total. The molecule has 1 saturated carbocycles. The molecule has 0 heterocycles. The topological polar surface area (TPSA) is 12.0 Å². The Bertz CT molecular complexity index is 416. The van der Waals surface area contributed by atoms with E-state index in [9.17, 15) is 0 Å². The summed E-state index contributed by atoms with van der Waals surface area (Å²) in [5, 5.41) is 3.76. The predicted molar refractivity (Wildman–Crippen MR) is 92.5 cm³/mol. The van der Waals surface area contributed by atoms with Crippen LogP contribution >= 0.6 is 0 Å². The molecule has 0 amide bonds. The molecule has 1 aromatic rings. The molecule has 1 aliphatic carbocycles. The second-order valence-corrected chi connectivity index (χ2v) is 7.40. The van der Waals surface area contributed by atoms with Crippen LogP contribution in [0.15, 0.2) is 24.3 Å². The third-order valence-corrected chi connectivity index (χ3v) is 4.91. The van der Waals surface area contributed by atoms with Crippen LogP contribution in [-0.2, 0) is 6.42 Å². The van der Waals surface area contributed by atoms with Crippen LogP contribution < -0.4 is 5.32 Å². The molecule has 0 aliphatic heterocycles. The maximum Gasteiger partial charge on any atom is 0.0348 e. The fourth-order valence-electron chi connectivity index (χ4n) is 3.78. The van der Waals surface area contributed by atoms with E-state index < -0.39 is 0 Å². The highest BCUT2D eigenvalue weighted by Crippen LogP contribution is 2.37. The van der Waals surface area contributed by atoms with Crippen molar-refractivity contribution in [3.8, 4) is 0 Å². The predicted octanol–water partition coefficient (Wildman–Crippen LogP) is 5.36. The zero-order chi connectivity index (χ0) is 15.2. The standard InChI is InChI=1S/C20H33N/c1-5-21-20(18-11-9-16(4)10-12-18)19-8-6-7-17(14-19)13-15(2)3/h6-8,14-16,18,20-21H,5,9-13H2,1-4H3. The highest BCUT2D eigenvalue weighted by Gasteiger charge is 2.26. The van der Waals surface area contributed by atoms with Crippen molar-refractivity contribution in [3.05, 3.63) is 35.4 Å². The third-order valence-electron chi connectivity index (χ3n) is 4.91. The van der Waals surface area contributed by atoms with Gasteiger partial charge in [0.1, 0.15) is 0 Å². The summed E-state index contributed by atoms with van der Waals surface area (Å²) in [6.45, 7) is 10.3. The van der Waals surface area contributed by atoms with Gasteiger partial charge in [-0.05, 0) is 54.7 Å². The van der Waals surface area contributed by atoms with Gasteiger partial charge in [0, 0.05) is 6.04 Å². The zero-order valence-corrected chi connectivity index (χ0v) is 14.4. The lowest BCUT2D eigenvalue weighted by Gasteiger charge is -2.33. The first-order valence-corrected chi connectivity index (χ1v) is 8.92. The molecule has 0 saturated heterocycles. The fourth-order valence-corrected chi connectivity index (χ4v) is 3.78. The van der Waals surface area contributed by atoms with Gasteiger partial charge in [-0.2, -0.15) is 0 Å². The quantitative estimate of drug-likeness (QED) is 0.742. The average Bonchev–Trinajstić information content (AvgIpc) is 2.45. The highest BCUT2D eigenvalue weighted by atomic mass is 14.9. The molecule has 1 unspecified atom stereocenters. The Hall–Kier alpha value is -0.820. The molecule has 1 fully saturated rings. The SMILES string of the molecule is CCNC(c1cccc(CC(C)C)c1)C1CCC(C)CC1. The van der Waals surface area contributed by atoms with Crippen LogP contribution in [0, 0.1) is 17.8 Å². The van der Waals surface area contributed by atoms with Crippen LogP contribution in [0.25, 0.3) is 0 Å². The Morgan fingerprint density at radius 3 is 2.48 bits per heavy atom. The summed E-state index contributed by atoms with van der Waals surface area (Å²) in [4.78, 5) is 0. The van der Waals surface area contributed by atoms with Crippen LogP contribution in [0.4, 0.5) is 0 Å². The maximum atomic E-state index is 3.76. The van der Waals surface area contributed by atoms with Gasteiger partial charge >= 0.3 is 0 Å². The van der Waals surface area contributed by atoms with Gasteiger partial charge in [0.05, 0.1) is 0 Å². The van der Waals surface area contributed by atoms with Gasteiger partial charge in [0.15, 0.2) is 0 Å². The number of hydrogen-bond donors (Lipinski definition) is 1. The largest absolute Gasteiger partial charge is 0.310 e. The number of hydrogen-bond acceptors (Lipinski definition) is 1. The second kappa shape index (κ2) is 7.98. The van der Waals surface area contributed by atoms with Crippen molar-refractivity contribution in [2.75, 3.05) is 6.54 Å². The average molecular weight is 287 g/mol. The molecule has 0 aromatic heterocycles. The van der Waals surface area contributed by atoms with E-state index in [-0.39, 0.29) is 0 Å². The number of rotatable bonds is 6. The van der Waals surface area contributed by atoms with Crippen LogP contribution in [0.1, 0.15) is 70.5 Å². The molecular formula is C20H33N. The van der Waals surface area contributed by atoms with Crippen molar-refractivity contribution >= 4 is 0 Å². The van der Waals surface area contributed by atoms with Gasteiger partial charge in [-0.25, -0.2) is 0 Å². The van der Waals surface area contributed by atoms with E-state index in [0.29, 0.717) is 6.04 Å². The molecule has 2 rings (SSSR count). The Balaban J connectivity index is 2.13. The van der Waals surface area contributed by atoms with Crippen LogP contribution in [0.5, 0.6) is 0 Å². The number of benzene rings is 1. The van der Waals surface area contributed by atoms with E-state index in [1.54, 1.807) is 0 Å². The highest BCUT2D eigenvalue weighted by molar-refractivity contribution is 5.27. The van der Waals surface area contributed by atoms with E-state index in [0.717, 1.165) is 24.3 Å². The summed E-state index contributed by atoms with van der Waals surface area (Å²) in [6.07, 6.45) is 6.76. The molecule has 1 N–H and O–H groups in total. The van der Waals surface area contributed by atoms with Crippen molar-refractivity contribution in [2.24, 2.45) is 17.8 Å². The smallest absolute Gasteiger partial charge is 0.0348 e.